The summed E-state index contributed by atoms with van der Waals surface area (Å²) >= 11 is 0. The van der Waals surface area contributed by atoms with Crippen molar-refractivity contribution in [1.82, 2.24) is 0 Å². The largest absolute Gasteiger partial charge is 0.341 e. The lowest BCUT2D eigenvalue weighted by Crippen LogP contribution is -2.11. The molecular formula is C15H18FO3P. The predicted octanol–water partition coefficient (Wildman–Crippen LogP) is 4.41. The minimum absolute atomic E-state index is 0.297. The maximum atomic E-state index is 13.0. The van der Waals surface area contributed by atoms with E-state index in [1.807, 2.05) is 18.2 Å². The molecule has 0 saturated heterocycles. The lowest BCUT2D eigenvalue weighted by molar-refractivity contribution is 0.219. The van der Waals surface area contributed by atoms with Crippen molar-refractivity contribution in [3.8, 4) is 0 Å². The Morgan fingerprint density at radius 3 is 2.30 bits per heavy atom. The van der Waals surface area contributed by atoms with Crippen LogP contribution in [0.15, 0.2) is 42.5 Å². The van der Waals surface area contributed by atoms with Crippen LogP contribution in [0, 0.1) is 5.82 Å². The van der Waals surface area contributed by atoms with Gasteiger partial charge in [0.15, 0.2) is 0 Å². The van der Waals surface area contributed by atoms with E-state index in [1.165, 1.54) is 12.1 Å². The summed E-state index contributed by atoms with van der Waals surface area (Å²) in [7, 11) is -3.25. The van der Waals surface area contributed by atoms with Gasteiger partial charge in [0.1, 0.15) is 11.5 Å². The minimum atomic E-state index is -3.25. The number of rotatable bonds is 6. The fraction of sp³-hybridized carbons (Fsp3) is 0.333. The van der Waals surface area contributed by atoms with Crippen LogP contribution in [-0.2, 0) is 13.6 Å². The van der Waals surface area contributed by atoms with Crippen LogP contribution in [0.1, 0.15) is 19.4 Å². The van der Waals surface area contributed by atoms with Gasteiger partial charge in [0.2, 0.25) is 0 Å². The molecule has 1 aliphatic rings. The molecule has 0 N–H and O–H groups in total. The topological polar surface area (TPSA) is 35.5 Å². The van der Waals surface area contributed by atoms with Crippen LogP contribution >= 0.6 is 7.60 Å². The summed E-state index contributed by atoms with van der Waals surface area (Å²) in [4.78, 5) is 0. The van der Waals surface area contributed by atoms with Gasteiger partial charge in [0.25, 0.3) is 0 Å². The van der Waals surface area contributed by atoms with Crippen molar-refractivity contribution in [2.24, 2.45) is 0 Å². The zero-order chi connectivity index (χ0) is 14.6. The van der Waals surface area contributed by atoms with E-state index in [4.69, 9.17) is 9.05 Å². The van der Waals surface area contributed by atoms with E-state index in [0.29, 0.717) is 13.2 Å². The Kier molecular flexibility index (Phi) is 4.92. The minimum Gasteiger partial charge on any atom is -0.308 e. The second-order valence-corrected chi connectivity index (χ2v) is 6.49. The molecule has 3 nitrogen and oxygen atoms in total. The van der Waals surface area contributed by atoms with Crippen LogP contribution < -0.4 is 0 Å². The molecule has 0 bridgehead atoms. The second kappa shape index (κ2) is 6.49. The first-order valence-electron chi connectivity index (χ1n) is 6.64. The maximum Gasteiger partial charge on any atom is 0.341 e. The summed E-state index contributed by atoms with van der Waals surface area (Å²) in [6.45, 7) is 4.20. The zero-order valence-electron chi connectivity index (χ0n) is 11.6. The summed E-state index contributed by atoms with van der Waals surface area (Å²) in [5.41, 5.74) is 1.21. The summed E-state index contributed by atoms with van der Waals surface area (Å²) in [6, 6.07) is 6.11. The normalized spacial score (nSPS) is 18.4. The molecule has 1 aromatic carbocycles. The third-order valence-corrected chi connectivity index (χ3v) is 5.39. The smallest absolute Gasteiger partial charge is 0.308 e. The Hall–Kier alpha value is -1.22. The molecule has 0 aliphatic heterocycles. The van der Waals surface area contributed by atoms with Crippen LogP contribution in [0.2, 0.25) is 0 Å². The van der Waals surface area contributed by atoms with Gasteiger partial charge >= 0.3 is 7.60 Å². The predicted molar refractivity (Wildman–Crippen MR) is 78.2 cm³/mol. The first kappa shape index (κ1) is 15.2. The number of allylic oxidation sites excluding steroid dienone is 4. The second-order valence-electron chi connectivity index (χ2n) is 4.33. The van der Waals surface area contributed by atoms with Crippen molar-refractivity contribution in [3.05, 3.63) is 53.9 Å². The Bertz CT molecular complexity index is 553. The Labute approximate surface area is 118 Å². The molecule has 0 saturated carbocycles. The third-order valence-electron chi connectivity index (χ3n) is 3.02. The van der Waals surface area contributed by atoms with Crippen LogP contribution in [0.5, 0.6) is 0 Å². The fourth-order valence-electron chi connectivity index (χ4n) is 2.21. The molecule has 0 spiro atoms. The number of benzene rings is 1. The van der Waals surface area contributed by atoms with Crippen molar-refractivity contribution >= 4 is 13.2 Å². The summed E-state index contributed by atoms with van der Waals surface area (Å²) in [5.74, 6) is -0.297. The maximum absolute atomic E-state index is 13.0. The monoisotopic (exact) mass is 296 g/mol. The Morgan fingerprint density at radius 2 is 1.75 bits per heavy atom. The highest BCUT2D eigenvalue weighted by Gasteiger charge is 2.38. The molecule has 5 heteroatoms. The van der Waals surface area contributed by atoms with E-state index >= 15 is 0 Å². The van der Waals surface area contributed by atoms with Gasteiger partial charge in [-0.2, -0.15) is 0 Å². The molecule has 108 valence electrons. The standard InChI is InChI=1S/C15H18FO3P/c1-3-18-20(17,19-4-2)15-7-5-6-14(15)12-8-10-13(16)11-9-12/h5-11,15H,3-4H2,1-2H3. The fourth-order valence-corrected chi connectivity index (χ4v) is 4.21. The van der Waals surface area contributed by atoms with Crippen LogP contribution in [0.4, 0.5) is 4.39 Å². The van der Waals surface area contributed by atoms with E-state index < -0.39 is 13.3 Å². The molecule has 0 radical (unpaired) electrons. The van der Waals surface area contributed by atoms with E-state index in [9.17, 15) is 8.96 Å². The van der Waals surface area contributed by atoms with E-state index in [2.05, 4.69) is 0 Å². The SMILES string of the molecule is CCOP(=O)(OCC)C1C=CC=C1c1ccc(F)cc1. The van der Waals surface area contributed by atoms with Gasteiger partial charge in [0, 0.05) is 0 Å². The quantitative estimate of drug-likeness (QED) is 0.729. The van der Waals surface area contributed by atoms with E-state index in [0.717, 1.165) is 11.1 Å². The van der Waals surface area contributed by atoms with Gasteiger partial charge in [-0.3, -0.25) is 4.57 Å². The molecule has 0 amide bonds. The van der Waals surface area contributed by atoms with E-state index in [-0.39, 0.29) is 5.82 Å². The molecule has 20 heavy (non-hydrogen) atoms. The highest BCUT2D eigenvalue weighted by molar-refractivity contribution is 7.55. The van der Waals surface area contributed by atoms with E-state index in [1.54, 1.807) is 26.0 Å². The molecule has 1 aromatic rings. The molecule has 1 atom stereocenters. The lowest BCUT2D eigenvalue weighted by atomic mass is 10.1. The van der Waals surface area contributed by atoms with Crippen molar-refractivity contribution in [2.45, 2.75) is 19.5 Å². The number of hydrogen-bond donors (Lipinski definition) is 0. The van der Waals surface area contributed by atoms with Gasteiger partial charge in [-0.25, -0.2) is 4.39 Å². The van der Waals surface area contributed by atoms with Crippen LogP contribution in [0.3, 0.4) is 0 Å². The summed E-state index contributed by atoms with van der Waals surface area (Å²) in [6.07, 6.45) is 5.50. The molecule has 1 aliphatic carbocycles. The van der Waals surface area contributed by atoms with Gasteiger partial charge in [-0.15, -0.1) is 0 Å². The molecule has 1 unspecified atom stereocenters. The first-order chi connectivity index (χ1) is 9.60. The average molecular weight is 296 g/mol. The first-order valence-corrected chi connectivity index (χ1v) is 8.25. The summed E-state index contributed by atoms with van der Waals surface area (Å²) in [5, 5.41) is 0. The van der Waals surface area contributed by atoms with Gasteiger partial charge in [-0.05, 0) is 37.1 Å². The third kappa shape index (κ3) is 3.09. The highest BCUT2D eigenvalue weighted by atomic mass is 31.2. The molecule has 2 rings (SSSR count). The summed E-state index contributed by atoms with van der Waals surface area (Å²) < 4.78 is 36.7. The van der Waals surface area contributed by atoms with Crippen LogP contribution in [0.25, 0.3) is 5.57 Å². The van der Waals surface area contributed by atoms with Gasteiger partial charge < -0.3 is 9.05 Å². The molecule has 0 fully saturated rings. The average Bonchev–Trinajstić information content (AvgIpc) is 2.90. The molecule has 0 aromatic heterocycles. The van der Waals surface area contributed by atoms with Crippen molar-refractivity contribution in [2.75, 3.05) is 13.2 Å². The van der Waals surface area contributed by atoms with Crippen LogP contribution in [-0.4, -0.2) is 18.9 Å². The van der Waals surface area contributed by atoms with Gasteiger partial charge in [-0.1, -0.05) is 30.4 Å². The highest BCUT2D eigenvalue weighted by Crippen LogP contribution is 2.58. The number of halogens is 1. The Morgan fingerprint density at radius 1 is 1.15 bits per heavy atom. The lowest BCUT2D eigenvalue weighted by Gasteiger charge is -2.24. The molecular weight excluding hydrogens is 278 g/mol. The van der Waals surface area contributed by atoms with Crippen molar-refractivity contribution < 1.29 is 18.0 Å². The molecule has 0 heterocycles. The Balaban J connectivity index is 2.31. The number of hydrogen-bond acceptors (Lipinski definition) is 3. The zero-order valence-corrected chi connectivity index (χ0v) is 12.5. The van der Waals surface area contributed by atoms with Crippen molar-refractivity contribution in [3.63, 3.8) is 0 Å². The van der Waals surface area contributed by atoms with Crippen molar-refractivity contribution in [1.29, 1.82) is 0 Å². The van der Waals surface area contributed by atoms with Gasteiger partial charge in [0.05, 0.1) is 13.2 Å².